The molecule has 1 saturated heterocycles. The van der Waals surface area contributed by atoms with Crippen LogP contribution in [0.25, 0.3) is 0 Å². The second-order valence-corrected chi connectivity index (χ2v) is 6.97. The number of benzene rings is 1. The van der Waals surface area contributed by atoms with Crippen molar-refractivity contribution in [3.05, 3.63) is 29.8 Å². The Morgan fingerprint density at radius 2 is 1.86 bits per heavy atom. The third-order valence-electron chi connectivity index (χ3n) is 3.36. The largest absolute Gasteiger partial charge is 0.378 e. The first-order valence-electron chi connectivity index (χ1n) is 6.39. The molecule has 0 aliphatic carbocycles. The fourth-order valence-electron chi connectivity index (χ4n) is 2.03. The van der Waals surface area contributed by atoms with E-state index in [0.717, 1.165) is 12.1 Å². The van der Waals surface area contributed by atoms with Crippen molar-refractivity contribution >= 4 is 15.7 Å². The molecule has 1 aromatic carbocycles. The maximum Gasteiger partial charge on any atom is 0.241 e. The molecular formula is C13H15F2NO4S. The van der Waals surface area contributed by atoms with Gasteiger partial charge < -0.3 is 9.64 Å². The lowest BCUT2D eigenvalue weighted by atomic mass is 10.3. The van der Waals surface area contributed by atoms with E-state index in [0.29, 0.717) is 32.4 Å². The number of halogens is 2. The molecule has 1 atom stereocenters. The average molecular weight is 319 g/mol. The molecule has 1 heterocycles. The van der Waals surface area contributed by atoms with E-state index in [1.165, 1.54) is 11.8 Å². The van der Waals surface area contributed by atoms with Crippen molar-refractivity contribution in [2.75, 3.05) is 26.3 Å². The van der Waals surface area contributed by atoms with E-state index in [9.17, 15) is 22.0 Å². The van der Waals surface area contributed by atoms with Gasteiger partial charge >= 0.3 is 0 Å². The fourth-order valence-corrected chi connectivity index (χ4v) is 3.38. The lowest BCUT2D eigenvalue weighted by Crippen LogP contribution is -2.47. The molecule has 2 rings (SSSR count). The molecule has 1 fully saturated rings. The van der Waals surface area contributed by atoms with Crippen LogP contribution in [0.3, 0.4) is 0 Å². The highest BCUT2D eigenvalue weighted by Crippen LogP contribution is 2.20. The van der Waals surface area contributed by atoms with E-state index >= 15 is 0 Å². The fraction of sp³-hybridized carbons (Fsp3) is 0.462. The minimum atomic E-state index is -4.07. The van der Waals surface area contributed by atoms with E-state index in [1.807, 2.05) is 0 Å². The molecule has 0 radical (unpaired) electrons. The summed E-state index contributed by atoms with van der Waals surface area (Å²) in [6.07, 6.45) is 0. The summed E-state index contributed by atoms with van der Waals surface area (Å²) in [4.78, 5) is 13.2. The maximum atomic E-state index is 13.2. The first kappa shape index (κ1) is 15.8. The molecule has 0 aromatic heterocycles. The number of carbonyl (C=O) groups is 1. The smallest absolute Gasteiger partial charge is 0.241 e. The first-order valence-corrected chi connectivity index (χ1v) is 7.94. The summed E-state index contributed by atoms with van der Waals surface area (Å²) in [6, 6.07) is 2.28. The Hall–Kier alpha value is -1.54. The molecule has 1 unspecified atom stereocenters. The predicted molar refractivity (Wildman–Crippen MR) is 70.4 cm³/mol. The molecule has 0 bridgehead atoms. The molecule has 21 heavy (non-hydrogen) atoms. The summed E-state index contributed by atoms with van der Waals surface area (Å²) >= 11 is 0. The van der Waals surface area contributed by atoms with Crippen LogP contribution >= 0.6 is 0 Å². The lowest BCUT2D eigenvalue weighted by molar-refractivity contribution is -0.134. The van der Waals surface area contributed by atoms with Crippen molar-refractivity contribution in [3.8, 4) is 0 Å². The van der Waals surface area contributed by atoms with Crippen LogP contribution in [0.5, 0.6) is 0 Å². The number of hydrogen-bond acceptors (Lipinski definition) is 4. The van der Waals surface area contributed by atoms with E-state index in [2.05, 4.69) is 0 Å². The van der Waals surface area contributed by atoms with Gasteiger partial charge in [-0.15, -0.1) is 0 Å². The van der Waals surface area contributed by atoms with Crippen LogP contribution in [0, 0.1) is 11.6 Å². The first-order chi connectivity index (χ1) is 9.84. The highest BCUT2D eigenvalue weighted by atomic mass is 32.2. The number of hydrogen-bond donors (Lipinski definition) is 0. The minimum absolute atomic E-state index is 0.316. The maximum absolute atomic E-state index is 13.2. The molecule has 1 aromatic rings. The SMILES string of the molecule is CC(C(=O)N1CCOCC1)S(=O)(=O)c1ccc(F)c(F)c1. The zero-order valence-electron chi connectivity index (χ0n) is 11.4. The molecular weight excluding hydrogens is 304 g/mol. The van der Waals surface area contributed by atoms with E-state index in [4.69, 9.17) is 4.74 Å². The Bertz CT molecular complexity index is 642. The van der Waals surface area contributed by atoms with Gasteiger partial charge in [0.25, 0.3) is 0 Å². The van der Waals surface area contributed by atoms with E-state index in [-0.39, 0.29) is 0 Å². The van der Waals surface area contributed by atoms with Gasteiger partial charge in [-0.1, -0.05) is 0 Å². The van der Waals surface area contributed by atoms with Crippen molar-refractivity contribution in [3.63, 3.8) is 0 Å². The van der Waals surface area contributed by atoms with Crippen LogP contribution < -0.4 is 0 Å². The minimum Gasteiger partial charge on any atom is -0.378 e. The second-order valence-electron chi connectivity index (χ2n) is 4.70. The number of sulfone groups is 1. The Kier molecular flexibility index (Phi) is 4.58. The van der Waals surface area contributed by atoms with Crippen molar-refractivity contribution in [1.29, 1.82) is 0 Å². The Labute approximate surface area is 121 Å². The molecule has 1 aliphatic heterocycles. The summed E-state index contributed by atoms with van der Waals surface area (Å²) in [7, 11) is -4.07. The molecule has 116 valence electrons. The zero-order valence-corrected chi connectivity index (χ0v) is 12.2. The van der Waals surface area contributed by atoms with Gasteiger partial charge in [-0.05, 0) is 25.1 Å². The number of carbonyl (C=O) groups excluding carboxylic acids is 1. The van der Waals surface area contributed by atoms with Gasteiger partial charge in [-0.25, -0.2) is 17.2 Å². The highest BCUT2D eigenvalue weighted by Gasteiger charge is 2.34. The number of rotatable bonds is 3. The van der Waals surface area contributed by atoms with Crippen LogP contribution in [-0.4, -0.2) is 50.8 Å². The number of morpholine rings is 1. The van der Waals surface area contributed by atoms with Crippen LogP contribution in [0.15, 0.2) is 23.1 Å². The lowest BCUT2D eigenvalue weighted by Gasteiger charge is -2.29. The molecule has 0 N–H and O–H groups in total. The van der Waals surface area contributed by atoms with Crippen molar-refractivity contribution in [1.82, 2.24) is 4.90 Å². The average Bonchev–Trinajstić information content (AvgIpc) is 2.49. The van der Waals surface area contributed by atoms with Crippen molar-refractivity contribution < 1.29 is 26.7 Å². The molecule has 0 saturated carbocycles. The van der Waals surface area contributed by atoms with Gasteiger partial charge in [0.2, 0.25) is 5.91 Å². The van der Waals surface area contributed by atoms with Gasteiger partial charge in [0.1, 0.15) is 5.25 Å². The van der Waals surface area contributed by atoms with Gasteiger partial charge in [-0.3, -0.25) is 4.79 Å². The summed E-state index contributed by atoms with van der Waals surface area (Å²) in [5.74, 6) is -2.97. The quantitative estimate of drug-likeness (QED) is 0.779. The molecule has 1 amide bonds. The van der Waals surface area contributed by atoms with Gasteiger partial charge in [0, 0.05) is 13.1 Å². The summed E-state index contributed by atoms with van der Waals surface area (Å²) < 4.78 is 55.8. The number of ether oxygens (including phenoxy) is 1. The van der Waals surface area contributed by atoms with Crippen molar-refractivity contribution in [2.24, 2.45) is 0 Å². The molecule has 8 heteroatoms. The van der Waals surface area contributed by atoms with E-state index in [1.54, 1.807) is 0 Å². The van der Waals surface area contributed by atoms with Crippen LogP contribution in [-0.2, 0) is 19.4 Å². The zero-order chi connectivity index (χ0) is 15.6. The van der Waals surface area contributed by atoms with Gasteiger partial charge in [-0.2, -0.15) is 0 Å². The standard InChI is InChI=1S/C13H15F2NO4S/c1-9(13(17)16-4-6-20-7-5-16)21(18,19)10-2-3-11(14)12(15)8-10/h2-3,8-9H,4-7H2,1H3. The van der Waals surface area contributed by atoms with Gasteiger partial charge in [0.05, 0.1) is 18.1 Å². The predicted octanol–water partition coefficient (Wildman–Crippen LogP) is 0.986. The summed E-state index contributed by atoms with van der Waals surface area (Å²) in [6.45, 7) is 2.58. The third-order valence-corrected chi connectivity index (χ3v) is 5.40. The second kappa shape index (κ2) is 6.07. The van der Waals surface area contributed by atoms with Crippen molar-refractivity contribution in [2.45, 2.75) is 17.1 Å². The van der Waals surface area contributed by atoms with Gasteiger partial charge in [0.15, 0.2) is 21.5 Å². The Morgan fingerprint density at radius 3 is 2.43 bits per heavy atom. The Balaban J connectivity index is 2.25. The van der Waals surface area contributed by atoms with Crippen LogP contribution in [0.2, 0.25) is 0 Å². The highest BCUT2D eigenvalue weighted by molar-refractivity contribution is 7.92. The monoisotopic (exact) mass is 319 g/mol. The molecule has 5 nitrogen and oxygen atoms in total. The summed E-state index contributed by atoms with van der Waals surface area (Å²) in [5.41, 5.74) is 0. The normalized spacial score (nSPS) is 17.6. The summed E-state index contributed by atoms with van der Waals surface area (Å²) in [5, 5.41) is -1.36. The number of nitrogens with zero attached hydrogens (tertiary/aromatic N) is 1. The third kappa shape index (κ3) is 3.21. The molecule has 0 spiro atoms. The van der Waals surface area contributed by atoms with Crippen LogP contribution in [0.4, 0.5) is 8.78 Å². The van der Waals surface area contributed by atoms with Crippen LogP contribution in [0.1, 0.15) is 6.92 Å². The van der Waals surface area contributed by atoms with E-state index < -0.39 is 37.5 Å². The Morgan fingerprint density at radius 1 is 1.24 bits per heavy atom. The number of amides is 1. The molecule has 1 aliphatic rings. The topological polar surface area (TPSA) is 63.7 Å².